The van der Waals surface area contributed by atoms with E-state index < -0.39 is 23.7 Å². The molecular formula is C15H12ClFNO3S3-. The predicted molar refractivity (Wildman–Crippen MR) is 98.2 cm³/mol. The van der Waals surface area contributed by atoms with Crippen molar-refractivity contribution in [3.05, 3.63) is 39.5 Å². The smallest absolute Gasteiger partial charge is 0.266 e. The van der Waals surface area contributed by atoms with Crippen LogP contribution in [0.1, 0.15) is 12.0 Å². The lowest BCUT2D eigenvalue weighted by atomic mass is 10.1. The minimum atomic E-state index is -1.37. The van der Waals surface area contributed by atoms with Crippen LogP contribution in [0.25, 0.3) is 6.08 Å². The zero-order chi connectivity index (χ0) is 17.9. The number of carbonyl (C=O) groups is 2. The molecule has 0 radical (unpaired) electrons. The molecule has 24 heavy (non-hydrogen) atoms. The van der Waals surface area contributed by atoms with Crippen LogP contribution < -0.4 is 5.11 Å². The average Bonchev–Trinajstić information content (AvgIpc) is 2.79. The van der Waals surface area contributed by atoms with E-state index in [2.05, 4.69) is 0 Å². The van der Waals surface area contributed by atoms with Gasteiger partial charge in [0.05, 0.1) is 21.9 Å². The molecule has 4 nitrogen and oxygen atoms in total. The number of carbonyl (C=O) groups excluding carboxylic acids is 2. The van der Waals surface area contributed by atoms with Crippen molar-refractivity contribution in [1.29, 1.82) is 0 Å². The molecule has 1 amide bonds. The Morgan fingerprint density at radius 1 is 1.58 bits per heavy atom. The van der Waals surface area contributed by atoms with Crippen LogP contribution >= 0.6 is 47.3 Å². The summed E-state index contributed by atoms with van der Waals surface area (Å²) in [4.78, 5) is 25.1. The summed E-state index contributed by atoms with van der Waals surface area (Å²) in [6.45, 7) is 0. The molecule has 0 unspecified atom stereocenters. The van der Waals surface area contributed by atoms with E-state index >= 15 is 0 Å². The zero-order valence-electron chi connectivity index (χ0n) is 12.5. The number of halogens is 2. The molecule has 0 spiro atoms. The summed E-state index contributed by atoms with van der Waals surface area (Å²) < 4.78 is 14.0. The summed E-state index contributed by atoms with van der Waals surface area (Å²) in [7, 11) is 0. The first kappa shape index (κ1) is 19.2. The van der Waals surface area contributed by atoms with E-state index in [0.717, 1.165) is 16.7 Å². The normalized spacial score (nSPS) is 17.6. The van der Waals surface area contributed by atoms with Gasteiger partial charge in [0.25, 0.3) is 5.91 Å². The zero-order valence-corrected chi connectivity index (χ0v) is 15.7. The number of amides is 1. The van der Waals surface area contributed by atoms with E-state index in [-0.39, 0.29) is 26.2 Å². The van der Waals surface area contributed by atoms with Crippen LogP contribution in [0, 0.1) is 5.82 Å². The number of aliphatic carboxylic acids is 1. The Labute approximate surface area is 157 Å². The first-order chi connectivity index (χ1) is 11.4. The average molecular weight is 405 g/mol. The standard InChI is InChI=1S/C15H13ClFNO3S3/c1-23-6-5-11(14(20)21)18-13(19)12(24-15(18)22)7-8-9(16)3-2-4-10(8)17/h2-4,7,11H,5-6H2,1H3,(H,20,21)/p-1/b12-7-/t11-/m0/s1. The molecule has 1 heterocycles. The molecule has 1 aliphatic rings. The SMILES string of the molecule is CSCC[C@@H](C(=O)[O-])N1C(=O)/C(=C/c2c(F)cccc2Cl)SC1=S. The monoisotopic (exact) mass is 404 g/mol. The highest BCUT2D eigenvalue weighted by molar-refractivity contribution is 8.26. The molecule has 0 saturated carbocycles. The molecule has 0 aromatic heterocycles. The van der Waals surface area contributed by atoms with E-state index in [9.17, 15) is 19.1 Å². The number of thioether (sulfide) groups is 2. The van der Waals surface area contributed by atoms with Crippen LogP contribution in [-0.2, 0) is 9.59 Å². The van der Waals surface area contributed by atoms with Gasteiger partial charge in [-0.2, -0.15) is 11.8 Å². The maximum atomic E-state index is 13.9. The molecule has 1 fully saturated rings. The minimum Gasteiger partial charge on any atom is -0.548 e. The Kier molecular flexibility index (Phi) is 6.68. The largest absolute Gasteiger partial charge is 0.548 e. The maximum absolute atomic E-state index is 13.9. The quantitative estimate of drug-likeness (QED) is 0.536. The highest BCUT2D eigenvalue weighted by atomic mass is 35.5. The van der Waals surface area contributed by atoms with Gasteiger partial charge < -0.3 is 9.90 Å². The van der Waals surface area contributed by atoms with Gasteiger partial charge in [-0.25, -0.2) is 4.39 Å². The van der Waals surface area contributed by atoms with E-state index in [0.29, 0.717) is 5.75 Å². The molecule has 1 saturated heterocycles. The van der Waals surface area contributed by atoms with Gasteiger partial charge in [-0.05, 0) is 36.6 Å². The van der Waals surface area contributed by atoms with Gasteiger partial charge in [0.15, 0.2) is 0 Å². The Bertz CT molecular complexity index is 706. The van der Waals surface area contributed by atoms with Crippen LogP contribution in [0.5, 0.6) is 0 Å². The molecule has 2 rings (SSSR count). The number of nitrogens with zero attached hydrogens (tertiary/aromatic N) is 1. The maximum Gasteiger partial charge on any atom is 0.266 e. The van der Waals surface area contributed by atoms with Gasteiger partial charge in [-0.3, -0.25) is 9.69 Å². The first-order valence-electron chi connectivity index (χ1n) is 6.77. The fraction of sp³-hybridized carbons (Fsp3) is 0.267. The number of carboxylic acids is 1. The van der Waals surface area contributed by atoms with Crippen molar-refractivity contribution in [2.45, 2.75) is 12.5 Å². The van der Waals surface area contributed by atoms with E-state index in [1.807, 2.05) is 6.26 Å². The van der Waals surface area contributed by atoms with Crippen molar-refractivity contribution in [2.75, 3.05) is 12.0 Å². The van der Waals surface area contributed by atoms with Gasteiger partial charge in [0.1, 0.15) is 10.1 Å². The third-order valence-electron chi connectivity index (χ3n) is 3.28. The summed E-state index contributed by atoms with van der Waals surface area (Å²) in [5, 5.41) is 11.5. The molecule has 128 valence electrons. The van der Waals surface area contributed by atoms with E-state index in [1.54, 1.807) is 0 Å². The number of hydrogen-bond acceptors (Lipinski definition) is 6. The van der Waals surface area contributed by atoms with Crippen LogP contribution in [0.4, 0.5) is 4.39 Å². The number of rotatable bonds is 6. The molecule has 0 bridgehead atoms. The van der Waals surface area contributed by atoms with E-state index in [4.69, 9.17) is 23.8 Å². The Morgan fingerprint density at radius 2 is 2.29 bits per heavy atom. The first-order valence-corrected chi connectivity index (χ1v) is 9.77. The lowest BCUT2D eigenvalue weighted by Crippen LogP contribution is -2.50. The van der Waals surface area contributed by atoms with Crippen molar-refractivity contribution in [3.63, 3.8) is 0 Å². The molecule has 1 aliphatic heterocycles. The van der Waals surface area contributed by atoms with E-state index in [1.165, 1.54) is 36.0 Å². The molecule has 1 atom stereocenters. The van der Waals surface area contributed by atoms with Crippen LogP contribution in [-0.4, -0.2) is 39.1 Å². The topological polar surface area (TPSA) is 60.4 Å². The van der Waals surface area contributed by atoms with Gasteiger partial charge in [-0.15, -0.1) is 0 Å². The highest BCUT2D eigenvalue weighted by Crippen LogP contribution is 2.36. The van der Waals surface area contributed by atoms with Crippen molar-refractivity contribution in [2.24, 2.45) is 0 Å². The summed E-state index contributed by atoms with van der Waals surface area (Å²) in [6, 6.07) is 3.03. The number of carboxylic acid groups (broad SMARTS) is 1. The Balaban J connectivity index is 2.34. The van der Waals surface area contributed by atoms with Gasteiger partial charge in [-0.1, -0.05) is 41.6 Å². The van der Waals surface area contributed by atoms with Crippen molar-refractivity contribution < 1.29 is 19.1 Å². The van der Waals surface area contributed by atoms with Crippen LogP contribution in [0.2, 0.25) is 5.02 Å². The van der Waals surface area contributed by atoms with Crippen molar-refractivity contribution in [1.82, 2.24) is 4.90 Å². The third kappa shape index (κ3) is 4.11. The van der Waals surface area contributed by atoms with Gasteiger partial charge in [0, 0.05) is 5.56 Å². The van der Waals surface area contributed by atoms with Gasteiger partial charge >= 0.3 is 0 Å². The summed E-state index contributed by atoms with van der Waals surface area (Å²) in [6.07, 6.45) is 3.33. The number of hydrogen-bond donors (Lipinski definition) is 0. The second kappa shape index (κ2) is 8.33. The molecule has 0 N–H and O–H groups in total. The summed E-state index contributed by atoms with van der Waals surface area (Å²) in [5.74, 6) is -2.00. The second-order valence-corrected chi connectivity index (χ2v) is 7.87. The molecule has 0 aliphatic carbocycles. The number of benzene rings is 1. The number of thiocarbonyl (C=S) groups is 1. The second-order valence-electron chi connectivity index (χ2n) is 4.80. The Morgan fingerprint density at radius 3 is 2.88 bits per heavy atom. The molecule has 1 aromatic carbocycles. The lowest BCUT2D eigenvalue weighted by molar-refractivity contribution is -0.310. The fourth-order valence-corrected chi connectivity index (χ4v) is 4.13. The highest BCUT2D eigenvalue weighted by Gasteiger charge is 2.37. The fourth-order valence-electron chi connectivity index (χ4n) is 2.11. The van der Waals surface area contributed by atoms with Crippen molar-refractivity contribution in [3.8, 4) is 0 Å². The van der Waals surface area contributed by atoms with Crippen LogP contribution in [0.3, 0.4) is 0 Å². The minimum absolute atomic E-state index is 0.0637. The summed E-state index contributed by atoms with van der Waals surface area (Å²) in [5.41, 5.74) is 0.0637. The molecule has 1 aromatic rings. The predicted octanol–water partition coefficient (Wildman–Crippen LogP) is 2.55. The van der Waals surface area contributed by atoms with Gasteiger partial charge in [0.2, 0.25) is 0 Å². The molecular weight excluding hydrogens is 393 g/mol. The van der Waals surface area contributed by atoms with Crippen LogP contribution in [0.15, 0.2) is 23.1 Å². The third-order valence-corrected chi connectivity index (χ3v) is 5.58. The molecule has 9 heteroatoms. The lowest BCUT2D eigenvalue weighted by Gasteiger charge is -2.27. The van der Waals surface area contributed by atoms with Crippen molar-refractivity contribution >= 4 is 69.6 Å². The Hall–Kier alpha value is -1.09. The summed E-state index contributed by atoms with van der Waals surface area (Å²) >= 11 is 13.5.